The number of hydrogen-bond acceptors (Lipinski definition) is 6. The number of benzene rings is 1. The normalized spacial score (nSPS) is 20.6. The third-order valence-corrected chi connectivity index (χ3v) is 9.14. The van der Waals surface area contributed by atoms with Gasteiger partial charge >= 0.3 is 6.18 Å². The van der Waals surface area contributed by atoms with Crippen LogP contribution in [0.25, 0.3) is 11.2 Å². The maximum Gasteiger partial charge on any atom is 0.389 e. The molecule has 2 aromatic heterocycles. The van der Waals surface area contributed by atoms with E-state index in [2.05, 4.69) is 15.7 Å². The van der Waals surface area contributed by atoms with Crippen LogP contribution in [0.2, 0.25) is 0 Å². The van der Waals surface area contributed by atoms with Crippen molar-refractivity contribution in [1.82, 2.24) is 24.8 Å². The van der Waals surface area contributed by atoms with Gasteiger partial charge in [-0.3, -0.25) is 9.59 Å². The molecular formula is C31H35F3N6O2. The molecule has 1 amide bonds. The van der Waals surface area contributed by atoms with E-state index in [-0.39, 0.29) is 23.7 Å². The molecule has 1 saturated heterocycles. The number of aromatic nitrogens is 3. The van der Waals surface area contributed by atoms with Crippen molar-refractivity contribution in [3.05, 3.63) is 59.8 Å². The summed E-state index contributed by atoms with van der Waals surface area (Å²) in [5, 5.41) is 11.2. The zero-order valence-electron chi connectivity index (χ0n) is 23.4. The minimum Gasteiger partial charge on any atom is -0.339 e. The summed E-state index contributed by atoms with van der Waals surface area (Å²) in [5.74, 6) is 0.261. The number of ketones is 1. The summed E-state index contributed by atoms with van der Waals surface area (Å²) < 4.78 is 39.2. The number of carbonyl (C=O) groups is 2. The van der Waals surface area contributed by atoms with E-state index in [9.17, 15) is 22.8 Å². The summed E-state index contributed by atoms with van der Waals surface area (Å²) in [6.45, 7) is 2.59. The summed E-state index contributed by atoms with van der Waals surface area (Å²) in [6.07, 6.45) is 3.58. The van der Waals surface area contributed by atoms with Gasteiger partial charge in [0.05, 0.1) is 6.42 Å². The number of fused-ring (bicyclic) bond motifs is 1. The molecule has 222 valence electrons. The van der Waals surface area contributed by atoms with Gasteiger partial charge in [0.1, 0.15) is 0 Å². The lowest BCUT2D eigenvalue weighted by atomic mass is 9.68. The van der Waals surface area contributed by atoms with Gasteiger partial charge in [0, 0.05) is 48.4 Å². The van der Waals surface area contributed by atoms with Crippen LogP contribution in [0.4, 0.5) is 24.8 Å². The maximum absolute atomic E-state index is 13.5. The number of piperidine rings is 1. The van der Waals surface area contributed by atoms with Crippen molar-refractivity contribution in [3.63, 3.8) is 0 Å². The van der Waals surface area contributed by atoms with Crippen molar-refractivity contribution in [2.24, 2.45) is 11.3 Å². The molecule has 1 saturated carbocycles. The lowest BCUT2D eigenvalue weighted by Crippen LogP contribution is -2.41. The van der Waals surface area contributed by atoms with Gasteiger partial charge in [0.15, 0.2) is 11.4 Å². The molecule has 2 fully saturated rings. The second kappa shape index (κ2) is 11.5. The molecule has 1 atom stereocenters. The van der Waals surface area contributed by atoms with Gasteiger partial charge in [-0.15, -0.1) is 5.10 Å². The Labute approximate surface area is 242 Å². The first-order valence-corrected chi connectivity index (χ1v) is 14.7. The third-order valence-electron chi connectivity index (χ3n) is 9.14. The van der Waals surface area contributed by atoms with Crippen LogP contribution in [0.15, 0.2) is 48.7 Å². The molecule has 1 aliphatic carbocycles. The standard InChI is InChI=1S/C31H35F3N6O2/c32-31(33,34)13-9-26(41)39-19-10-21(11-20-39)24-3-2-18-40-28(24)37-29(38-40)36-23-7-5-22(6-8-23)27(42)25-4-1-12-30(25)14-16-35-17-15-30/h2-3,5-8,10,18,25,35H,1,4,9,11-17,19-20H2,(H,36,38). The van der Waals surface area contributed by atoms with Crippen molar-refractivity contribution in [1.29, 1.82) is 0 Å². The van der Waals surface area contributed by atoms with Crippen LogP contribution in [0.3, 0.4) is 0 Å². The Hall–Kier alpha value is -3.73. The Bertz CT molecular complexity index is 1490. The molecule has 3 aromatic rings. The predicted octanol–water partition coefficient (Wildman–Crippen LogP) is 5.78. The smallest absolute Gasteiger partial charge is 0.339 e. The molecule has 1 unspecified atom stereocenters. The van der Waals surface area contributed by atoms with Gasteiger partial charge < -0.3 is 15.5 Å². The number of nitrogens with one attached hydrogen (secondary N) is 2. The van der Waals surface area contributed by atoms with E-state index >= 15 is 0 Å². The second-order valence-electron chi connectivity index (χ2n) is 11.7. The van der Waals surface area contributed by atoms with Crippen LogP contribution >= 0.6 is 0 Å². The molecular weight excluding hydrogens is 545 g/mol. The predicted molar refractivity (Wildman–Crippen MR) is 153 cm³/mol. The highest BCUT2D eigenvalue weighted by Gasteiger charge is 2.46. The van der Waals surface area contributed by atoms with Crippen molar-refractivity contribution in [2.45, 2.75) is 57.5 Å². The Kier molecular flexibility index (Phi) is 7.78. The zero-order valence-corrected chi connectivity index (χ0v) is 23.4. The highest BCUT2D eigenvalue weighted by molar-refractivity contribution is 5.99. The minimum atomic E-state index is -4.34. The zero-order chi connectivity index (χ0) is 29.3. The summed E-state index contributed by atoms with van der Waals surface area (Å²) in [6, 6.07) is 11.3. The molecule has 42 heavy (non-hydrogen) atoms. The first-order valence-electron chi connectivity index (χ1n) is 14.7. The lowest BCUT2D eigenvalue weighted by molar-refractivity contribution is -0.148. The Balaban J connectivity index is 1.12. The molecule has 2 N–H and O–H groups in total. The monoisotopic (exact) mass is 580 g/mol. The molecule has 0 bridgehead atoms. The van der Waals surface area contributed by atoms with E-state index in [4.69, 9.17) is 4.98 Å². The SMILES string of the molecule is O=C(c1ccc(Nc2nc3c(C4=CCN(C(=O)CCC(F)(F)F)CC4)cccn3n2)cc1)C1CCCC12CCNCC2. The van der Waals surface area contributed by atoms with Crippen LogP contribution in [-0.4, -0.2) is 63.5 Å². The molecule has 0 radical (unpaired) electrons. The highest BCUT2D eigenvalue weighted by Crippen LogP contribution is 2.50. The number of Topliss-reactive ketones (excluding diaryl/α,β-unsaturated/α-hetero) is 1. The largest absolute Gasteiger partial charge is 0.389 e. The number of carbonyl (C=O) groups excluding carboxylic acids is 2. The molecule has 1 aromatic carbocycles. The molecule has 6 rings (SSSR count). The second-order valence-corrected chi connectivity index (χ2v) is 11.7. The topological polar surface area (TPSA) is 91.6 Å². The van der Waals surface area contributed by atoms with Gasteiger partial charge in [-0.2, -0.15) is 18.2 Å². The van der Waals surface area contributed by atoms with Crippen LogP contribution in [0.1, 0.15) is 67.3 Å². The van der Waals surface area contributed by atoms with E-state index in [0.717, 1.165) is 67.6 Å². The first kappa shape index (κ1) is 28.4. The van der Waals surface area contributed by atoms with E-state index in [1.165, 1.54) is 4.90 Å². The van der Waals surface area contributed by atoms with Crippen molar-refractivity contribution in [2.75, 3.05) is 31.5 Å². The van der Waals surface area contributed by atoms with Gasteiger partial charge in [-0.1, -0.05) is 12.5 Å². The molecule has 2 aliphatic heterocycles. The van der Waals surface area contributed by atoms with Crippen LogP contribution in [0.5, 0.6) is 0 Å². The molecule has 1 spiro atoms. The summed E-state index contributed by atoms with van der Waals surface area (Å²) in [7, 11) is 0. The number of rotatable bonds is 7. The van der Waals surface area contributed by atoms with Gasteiger partial charge in [0.2, 0.25) is 11.9 Å². The Morgan fingerprint density at radius 3 is 2.60 bits per heavy atom. The average Bonchev–Trinajstić information content (AvgIpc) is 3.59. The third kappa shape index (κ3) is 5.92. The maximum atomic E-state index is 13.5. The summed E-state index contributed by atoms with van der Waals surface area (Å²) in [5.41, 5.74) is 4.14. The number of nitrogens with zero attached hydrogens (tertiary/aromatic N) is 4. The molecule has 11 heteroatoms. The molecule has 4 heterocycles. The molecule has 8 nitrogen and oxygen atoms in total. The minimum absolute atomic E-state index is 0.0936. The Morgan fingerprint density at radius 2 is 1.88 bits per heavy atom. The van der Waals surface area contributed by atoms with Crippen LogP contribution in [-0.2, 0) is 4.79 Å². The van der Waals surface area contributed by atoms with Crippen molar-refractivity contribution >= 4 is 34.5 Å². The number of amides is 1. The van der Waals surface area contributed by atoms with E-state index in [1.54, 1.807) is 10.7 Å². The summed E-state index contributed by atoms with van der Waals surface area (Å²) in [4.78, 5) is 31.8. The van der Waals surface area contributed by atoms with Crippen LogP contribution < -0.4 is 10.6 Å². The fourth-order valence-corrected chi connectivity index (χ4v) is 6.88. The fourth-order valence-electron chi connectivity index (χ4n) is 6.88. The molecule has 3 aliphatic rings. The Morgan fingerprint density at radius 1 is 1.10 bits per heavy atom. The van der Waals surface area contributed by atoms with Crippen molar-refractivity contribution < 1.29 is 22.8 Å². The van der Waals surface area contributed by atoms with Gasteiger partial charge in [-0.25, -0.2) is 4.52 Å². The van der Waals surface area contributed by atoms with Crippen molar-refractivity contribution in [3.8, 4) is 0 Å². The van der Waals surface area contributed by atoms with E-state index in [1.807, 2.05) is 42.5 Å². The van der Waals surface area contributed by atoms with Gasteiger partial charge in [-0.05, 0) is 92.6 Å². The average molecular weight is 581 g/mol. The van der Waals surface area contributed by atoms with E-state index in [0.29, 0.717) is 24.6 Å². The fraction of sp³-hybridized carbons (Fsp3) is 0.484. The van der Waals surface area contributed by atoms with Crippen LogP contribution in [0, 0.1) is 11.3 Å². The lowest BCUT2D eigenvalue weighted by Gasteiger charge is -2.38. The first-order chi connectivity index (χ1) is 20.2. The quantitative estimate of drug-likeness (QED) is 0.344. The number of alkyl halides is 3. The number of pyridine rings is 1. The van der Waals surface area contributed by atoms with E-state index < -0.39 is 24.9 Å². The summed E-state index contributed by atoms with van der Waals surface area (Å²) >= 11 is 0. The number of halogens is 3. The number of hydrogen-bond donors (Lipinski definition) is 2. The number of anilines is 2. The highest BCUT2D eigenvalue weighted by atomic mass is 19.4. The van der Waals surface area contributed by atoms with Gasteiger partial charge in [0.25, 0.3) is 0 Å².